The van der Waals surface area contributed by atoms with E-state index < -0.39 is 42.1 Å². The molecule has 8 nitrogen and oxygen atoms in total. The smallest absolute Gasteiger partial charge is 0.428 e. The van der Waals surface area contributed by atoms with Crippen molar-refractivity contribution >= 4 is 33.9 Å². The highest BCUT2D eigenvalue weighted by atomic mass is 32.1. The predicted molar refractivity (Wildman–Crippen MR) is 116 cm³/mol. The molecule has 0 unspecified atom stereocenters. The summed E-state index contributed by atoms with van der Waals surface area (Å²) in [6.45, 7) is 6.14. The Hall–Kier alpha value is -2.63. The first-order valence-electron chi connectivity index (χ1n) is 10.2. The lowest BCUT2D eigenvalue weighted by Gasteiger charge is -2.27. The van der Waals surface area contributed by atoms with Crippen molar-refractivity contribution < 1.29 is 22.7 Å². The lowest BCUT2D eigenvalue weighted by atomic mass is 9.93. The lowest BCUT2D eigenvalue weighted by molar-refractivity contribution is -0.136. The molecule has 0 bridgehead atoms. The Morgan fingerprint density at radius 1 is 1.28 bits per heavy atom. The van der Waals surface area contributed by atoms with Crippen LogP contribution in [0.3, 0.4) is 0 Å². The fraction of sp³-hybridized carbons (Fsp3) is 0.600. The average molecular weight is 475 g/mol. The van der Waals surface area contributed by atoms with Gasteiger partial charge in [0.1, 0.15) is 10.4 Å². The van der Waals surface area contributed by atoms with Crippen molar-refractivity contribution in [1.29, 1.82) is 0 Å². The first-order valence-corrected chi connectivity index (χ1v) is 11.0. The molecule has 0 spiro atoms. The van der Waals surface area contributed by atoms with Gasteiger partial charge in [0, 0.05) is 12.6 Å². The highest BCUT2D eigenvalue weighted by Gasteiger charge is 2.30. The summed E-state index contributed by atoms with van der Waals surface area (Å²) in [7, 11) is 0. The van der Waals surface area contributed by atoms with Crippen LogP contribution in [-0.4, -0.2) is 33.2 Å². The second-order valence-electron chi connectivity index (χ2n) is 8.70. The number of aromatic nitrogens is 2. The van der Waals surface area contributed by atoms with E-state index in [1.807, 2.05) is 0 Å². The third-order valence-corrected chi connectivity index (χ3v) is 6.32. The van der Waals surface area contributed by atoms with Gasteiger partial charge in [0.2, 0.25) is 0 Å². The molecule has 32 heavy (non-hydrogen) atoms. The maximum atomic E-state index is 13.1. The third-order valence-electron chi connectivity index (χ3n) is 5.08. The Bertz CT molecular complexity index is 1170. The topological polar surface area (TPSA) is 94.7 Å². The molecule has 0 aromatic carbocycles. The molecule has 0 radical (unpaired) electrons. The van der Waals surface area contributed by atoms with Gasteiger partial charge in [-0.15, -0.1) is 11.3 Å². The molecule has 1 aliphatic carbocycles. The molecule has 2 aromatic rings. The zero-order chi connectivity index (χ0) is 23.8. The highest BCUT2D eigenvalue weighted by molar-refractivity contribution is 7.20. The molecular weight excluding hydrogens is 449 g/mol. The van der Waals surface area contributed by atoms with Crippen LogP contribution in [0.4, 0.5) is 18.0 Å². The number of halogens is 3. The molecule has 1 saturated carbocycles. The molecule has 0 aliphatic heterocycles. The molecule has 1 fully saturated rings. The van der Waals surface area contributed by atoms with Gasteiger partial charge < -0.3 is 4.74 Å². The molecule has 1 aliphatic rings. The zero-order valence-corrected chi connectivity index (χ0v) is 19.0. The summed E-state index contributed by atoms with van der Waals surface area (Å²) in [4.78, 5) is 38.4. The SMILES string of the molecule is Cc1c(/C=N/NC(=O)OC(C)(C)C)sc2c1c(=O)n(C1CCC1)c(=O)n2CCC(F)(F)F. The first kappa shape index (κ1) is 24.0. The Labute approximate surface area is 185 Å². The molecule has 1 amide bonds. The molecule has 176 valence electrons. The van der Waals surface area contributed by atoms with Crippen molar-refractivity contribution in [2.24, 2.45) is 5.10 Å². The van der Waals surface area contributed by atoms with E-state index >= 15 is 0 Å². The summed E-state index contributed by atoms with van der Waals surface area (Å²) in [5.41, 5.74) is 0.741. The average Bonchev–Trinajstić information content (AvgIpc) is 2.91. The molecule has 0 atom stereocenters. The number of alkyl halides is 3. The van der Waals surface area contributed by atoms with Gasteiger partial charge in [-0.3, -0.25) is 13.9 Å². The van der Waals surface area contributed by atoms with E-state index in [1.54, 1.807) is 27.7 Å². The van der Waals surface area contributed by atoms with Crippen molar-refractivity contribution in [3.8, 4) is 0 Å². The number of nitrogens with one attached hydrogen (secondary N) is 1. The van der Waals surface area contributed by atoms with Gasteiger partial charge in [-0.25, -0.2) is 15.0 Å². The van der Waals surface area contributed by atoms with Gasteiger partial charge in [-0.1, -0.05) is 0 Å². The van der Waals surface area contributed by atoms with E-state index in [2.05, 4.69) is 10.5 Å². The van der Waals surface area contributed by atoms with Gasteiger partial charge >= 0.3 is 18.0 Å². The molecule has 3 rings (SSSR count). The van der Waals surface area contributed by atoms with Crippen molar-refractivity contribution in [2.75, 3.05) is 0 Å². The minimum Gasteiger partial charge on any atom is -0.443 e. The number of hydrogen-bond acceptors (Lipinski definition) is 6. The summed E-state index contributed by atoms with van der Waals surface area (Å²) in [5.74, 6) is 0. The van der Waals surface area contributed by atoms with Crippen molar-refractivity contribution in [3.05, 3.63) is 31.3 Å². The molecular formula is C20H25F3N4O4S. The van der Waals surface area contributed by atoms with Gasteiger partial charge in [0.05, 0.1) is 22.9 Å². The number of carbonyl (C=O) groups is 1. The standard InChI is InChI=1S/C20H25F3N4O4S/c1-11-13(10-24-25-17(29)31-19(2,3)4)32-16-14(11)15(28)27(12-6-5-7-12)18(30)26(16)9-8-20(21,22)23/h10,12H,5-9H2,1-4H3,(H,25,29)/b24-10+. The molecule has 1 N–H and O–H groups in total. The number of hydrazone groups is 1. The Kier molecular flexibility index (Phi) is 6.55. The Morgan fingerprint density at radius 3 is 2.47 bits per heavy atom. The normalized spacial score (nSPS) is 15.3. The molecule has 2 aromatic heterocycles. The second kappa shape index (κ2) is 8.72. The van der Waals surface area contributed by atoms with Gasteiger partial charge in [-0.2, -0.15) is 18.3 Å². The first-order chi connectivity index (χ1) is 14.8. The van der Waals surface area contributed by atoms with Crippen molar-refractivity contribution in [1.82, 2.24) is 14.6 Å². The van der Waals surface area contributed by atoms with Gasteiger partial charge in [0.25, 0.3) is 5.56 Å². The molecule has 12 heteroatoms. The molecule has 0 saturated heterocycles. The van der Waals surface area contributed by atoms with Crippen LogP contribution in [-0.2, 0) is 11.3 Å². The number of carbonyl (C=O) groups excluding carboxylic acids is 1. The maximum Gasteiger partial charge on any atom is 0.428 e. The van der Waals surface area contributed by atoms with Crippen LogP contribution in [0.25, 0.3) is 10.2 Å². The fourth-order valence-corrected chi connectivity index (χ4v) is 4.54. The van der Waals surface area contributed by atoms with Crippen LogP contribution in [0.1, 0.15) is 62.9 Å². The highest BCUT2D eigenvalue weighted by Crippen LogP contribution is 2.32. The Balaban J connectivity index is 2.04. The van der Waals surface area contributed by atoms with Gasteiger partial charge in [0.15, 0.2) is 0 Å². The minimum absolute atomic E-state index is 0.163. The summed E-state index contributed by atoms with van der Waals surface area (Å²) in [6.07, 6.45) is -3.00. The van der Waals surface area contributed by atoms with E-state index in [0.29, 0.717) is 23.3 Å². The van der Waals surface area contributed by atoms with Crippen LogP contribution in [0.5, 0.6) is 0 Å². The van der Waals surface area contributed by atoms with Crippen LogP contribution in [0, 0.1) is 6.92 Å². The number of amides is 1. The van der Waals surface area contributed by atoms with Crippen LogP contribution in [0.2, 0.25) is 0 Å². The third kappa shape index (κ3) is 5.22. The van der Waals surface area contributed by atoms with E-state index in [9.17, 15) is 27.6 Å². The summed E-state index contributed by atoms with van der Waals surface area (Å²) < 4.78 is 45.8. The number of hydrogen-bond donors (Lipinski definition) is 1. The van der Waals surface area contributed by atoms with Crippen LogP contribution < -0.4 is 16.7 Å². The lowest BCUT2D eigenvalue weighted by Crippen LogP contribution is -2.44. The monoisotopic (exact) mass is 474 g/mol. The predicted octanol–water partition coefficient (Wildman–Crippen LogP) is 4.07. The maximum absolute atomic E-state index is 13.1. The second-order valence-corrected chi connectivity index (χ2v) is 9.73. The summed E-state index contributed by atoms with van der Waals surface area (Å²) in [6, 6.07) is -0.304. The zero-order valence-electron chi connectivity index (χ0n) is 18.2. The minimum atomic E-state index is -4.45. The Morgan fingerprint density at radius 2 is 1.94 bits per heavy atom. The van der Waals surface area contributed by atoms with E-state index in [1.165, 1.54) is 6.21 Å². The fourth-order valence-electron chi connectivity index (χ4n) is 3.35. The summed E-state index contributed by atoms with van der Waals surface area (Å²) >= 11 is 0.981. The van der Waals surface area contributed by atoms with Crippen LogP contribution in [0.15, 0.2) is 14.7 Å². The van der Waals surface area contributed by atoms with Crippen LogP contribution >= 0.6 is 11.3 Å². The van der Waals surface area contributed by atoms with E-state index in [0.717, 1.165) is 26.9 Å². The number of aryl methyl sites for hydroxylation is 2. The largest absolute Gasteiger partial charge is 0.443 e. The molecule has 2 heterocycles. The number of ether oxygens (including phenoxy) is 1. The van der Waals surface area contributed by atoms with Gasteiger partial charge in [-0.05, 0) is 52.5 Å². The number of thiophene rings is 1. The number of nitrogens with zero attached hydrogens (tertiary/aromatic N) is 3. The van der Waals surface area contributed by atoms with E-state index in [4.69, 9.17) is 4.74 Å². The quantitative estimate of drug-likeness (QED) is 0.522. The van der Waals surface area contributed by atoms with Crippen molar-refractivity contribution in [2.45, 2.75) is 77.7 Å². The number of fused-ring (bicyclic) bond motifs is 1. The summed E-state index contributed by atoms with van der Waals surface area (Å²) in [5, 5.41) is 4.01. The van der Waals surface area contributed by atoms with E-state index in [-0.39, 0.29) is 16.3 Å². The number of rotatable bonds is 5. The van der Waals surface area contributed by atoms with Crippen molar-refractivity contribution in [3.63, 3.8) is 0 Å².